The van der Waals surface area contributed by atoms with Crippen molar-refractivity contribution in [1.82, 2.24) is 10.1 Å². The Morgan fingerprint density at radius 2 is 2.21 bits per heavy atom. The minimum Gasteiger partial charge on any atom is -0.350 e. The molecule has 1 aromatic carbocycles. The Morgan fingerprint density at radius 1 is 1.47 bits per heavy atom. The summed E-state index contributed by atoms with van der Waals surface area (Å²) in [5.74, 6) is -0.217. The third-order valence-electron chi connectivity index (χ3n) is 2.86. The van der Waals surface area contributed by atoms with E-state index in [-0.39, 0.29) is 19.1 Å². The van der Waals surface area contributed by atoms with Crippen LogP contribution in [-0.2, 0) is 11.3 Å². The molecule has 0 unspecified atom stereocenters. The SMILES string of the molecule is NC(=O)N(O)CCON1CCc2ccccc2C1=O. The van der Waals surface area contributed by atoms with E-state index >= 15 is 0 Å². The summed E-state index contributed by atoms with van der Waals surface area (Å²) in [4.78, 5) is 27.9. The Labute approximate surface area is 110 Å². The molecule has 1 aliphatic rings. The number of carbonyl (C=O) groups excluding carboxylic acids is 2. The van der Waals surface area contributed by atoms with Crippen molar-refractivity contribution in [2.24, 2.45) is 5.73 Å². The van der Waals surface area contributed by atoms with E-state index in [1.54, 1.807) is 12.1 Å². The van der Waals surface area contributed by atoms with E-state index in [1.807, 2.05) is 12.1 Å². The molecular formula is C12H15N3O4. The van der Waals surface area contributed by atoms with Gasteiger partial charge in [0.2, 0.25) is 0 Å². The fourth-order valence-corrected chi connectivity index (χ4v) is 1.88. The van der Waals surface area contributed by atoms with E-state index < -0.39 is 6.03 Å². The molecule has 0 radical (unpaired) electrons. The van der Waals surface area contributed by atoms with E-state index in [1.165, 1.54) is 5.06 Å². The number of nitrogens with two attached hydrogens (primary N) is 1. The van der Waals surface area contributed by atoms with E-state index in [9.17, 15) is 9.59 Å². The van der Waals surface area contributed by atoms with Crippen LogP contribution >= 0.6 is 0 Å². The molecule has 0 fully saturated rings. The first-order chi connectivity index (χ1) is 9.09. The lowest BCUT2D eigenvalue weighted by Gasteiger charge is -2.27. The number of amides is 3. The lowest BCUT2D eigenvalue weighted by Crippen LogP contribution is -2.41. The van der Waals surface area contributed by atoms with Crippen LogP contribution in [0.5, 0.6) is 0 Å². The van der Waals surface area contributed by atoms with Crippen molar-refractivity contribution in [2.75, 3.05) is 19.7 Å². The Balaban J connectivity index is 1.90. The molecule has 102 valence electrons. The molecular weight excluding hydrogens is 250 g/mol. The third-order valence-corrected chi connectivity index (χ3v) is 2.86. The van der Waals surface area contributed by atoms with Crippen molar-refractivity contribution in [3.05, 3.63) is 35.4 Å². The molecule has 1 heterocycles. The van der Waals surface area contributed by atoms with Gasteiger partial charge in [-0.05, 0) is 18.1 Å². The molecule has 0 spiro atoms. The largest absolute Gasteiger partial charge is 0.350 e. The predicted octanol–water partition coefficient (Wildman–Crippen LogP) is 0.386. The zero-order valence-corrected chi connectivity index (χ0v) is 10.3. The molecule has 0 saturated heterocycles. The standard InChI is InChI=1S/C12H15N3O4/c13-12(17)14(18)7-8-19-15-6-5-9-3-1-2-4-10(9)11(15)16/h1-4,18H,5-8H2,(H2,13,17). The van der Waals surface area contributed by atoms with Crippen molar-refractivity contribution in [1.29, 1.82) is 0 Å². The summed E-state index contributed by atoms with van der Waals surface area (Å²) in [6.07, 6.45) is 0.709. The molecule has 3 N–H and O–H groups in total. The second-order valence-electron chi connectivity index (χ2n) is 4.11. The highest BCUT2D eigenvalue weighted by Gasteiger charge is 2.24. The molecule has 7 heteroatoms. The van der Waals surface area contributed by atoms with Gasteiger partial charge in [0, 0.05) is 5.56 Å². The third kappa shape index (κ3) is 3.01. The number of rotatable bonds is 4. The quantitative estimate of drug-likeness (QED) is 0.608. The van der Waals surface area contributed by atoms with Crippen LogP contribution in [0, 0.1) is 0 Å². The van der Waals surface area contributed by atoms with Crippen molar-refractivity contribution in [2.45, 2.75) is 6.42 Å². The molecule has 2 rings (SSSR count). The minimum atomic E-state index is -0.959. The molecule has 19 heavy (non-hydrogen) atoms. The molecule has 3 amide bonds. The number of benzene rings is 1. The van der Waals surface area contributed by atoms with Crippen molar-refractivity contribution < 1.29 is 19.6 Å². The van der Waals surface area contributed by atoms with Crippen LogP contribution in [0.3, 0.4) is 0 Å². The summed E-state index contributed by atoms with van der Waals surface area (Å²) in [5, 5.41) is 10.6. The van der Waals surface area contributed by atoms with Gasteiger partial charge in [0.05, 0.1) is 19.7 Å². The minimum absolute atomic E-state index is 0.00660. The van der Waals surface area contributed by atoms with Gasteiger partial charge >= 0.3 is 6.03 Å². The maximum absolute atomic E-state index is 12.1. The number of hydroxylamine groups is 4. The van der Waals surface area contributed by atoms with Crippen molar-refractivity contribution >= 4 is 11.9 Å². The summed E-state index contributed by atoms with van der Waals surface area (Å²) in [6.45, 7) is 0.339. The van der Waals surface area contributed by atoms with Gasteiger partial charge in [-0.2, -0.15) is 0 Å². The number of hydrogen-bond donors (Lipinski definition) is 2. The predicted molar refractivity (Wildman–Crippen MR) is 65.2 cm³/mol. The first kappa shape index (κ1) is 13.3. The van der Waals surface area contributed by atoms with Crippen LogP contribution in [0.4, 0.5) is 4.79 Å². The fraction of sp³-hybridized carbons (Fsp3) is 0.333. The maximum Gasteiger partial charge on any atom is 0.338 e. The topological polar surface area (TPSA) is 96.1 Å². The molecule has 0 bridgehead atoms. The van der Waals surface area contributed by atoms with Gasteiger partial charge < -0.3 is 5.73 Å². The number of primary amides is 1. The van der Waals surface area contributed by atoms with Crippen LogP contribution in [0.15, 0.2) is 24.3 Å². The Hall–Kier alpha value is -2.12. The Kier molecular flexibility index (Phi) is 3.98. The zero-order chi connectivity index (χ0) is 13.8. The van der Waals surface area contributed by atoms with E-state index in [4.69, 9.17) is 15.8 Å². The van der Waals surface area contributed by atoms with Gasteiger partial charge in [-0.15, -0.1) is 0 Å². The summed E-state index contributed by atoms with van der Waals surface area (Å²) >= 11 is 0. The van der Waals surface area contributed by atoms with Crippen LogP contribution in [0.2, 0.25) is 0 Å². The second-order valence-corrected chi connectivity index (χ2v) is 4.11. The normalized spacial score (nSPS) is 14.2. The highest BCUT2D eigenvalue weighted by atomic mass is 16.7. The monoisotopic (exact) mass is 265 g/mol. The Morgan fingerprint density at radius 3 is 2.95 bits per heavy atom. The smallest absolute Gasteiger partial charge is 0.338 e. The van der Waals surface area contributed by atoms with Gasteiger partial charge in [-0.3, -0.25) is 14.8 Å². The molecule has 0 atom stereocenters. The van der Waals surface area contributed by atoms with E-state index in [0.717, 1.165) is 5.56 Å². The highest BCUT2D eigenvalue weighted by Crippen LogP contribution is 2.18. The van der Waals surface area contributed by atoms with Gasteiger partial charge in [0.1, 0.15) is 0 Å². The molecule has 1 aromatic rings. The Bertz CT molecular complexity index is 492. The summed E-state index contributed by atoms with van der Waals surface area (Å²) in [5.41, 5.74) is 6.46. The van der Waals surface area contributed by atoms with Gasteiger partial charge in [0.15, 0.2) is 0 Å². The van der Waals surface area contributed by atoms with E-state index in [2.05, 4.69) is 0 Å². The van der Waals surface area contributed by atoms with Crippen LogP contribution < -0.4 is 5.73 Å². The van der Waals surface area contributed by atoms with Crippen molar-refractivity contribution in [3.8, 4) is 0 Å². The molecule has 0 aliphatic carbocycles. The molecule has 7 nitrogen and oxygen atoms in total. The zero-order valence-electron chi connectivity index (χ0n) is 10.3. The molecule has 0 saturated carbocycles. The van der Waals surface area contributed by atoms with Gasteiger partial charge in [-0.1, -0.05) is 18.2 Å². The number of hydrogen-bond acceptors (Lipinski definition) is 4. The maximum atomic E-state index is 12.1. The summed E-state index contributed by atoms with van der Waals surface area (Å²) < 4.78 is 0. The highest BCUT2D eigenvalue weighted by molar-refractivity contribution is 5.96. The first-order valence-electron chi connectivity index (χ1n) is 5.88. The lowest BCUT2D eigenvalue weighted by atomic mass is 10.0. The average Bonchev–Trinajstić information content (AvgIpc) is 2.41. The second kappa shape index (κ2) is 5.68. The van der Waals surface area contributed by atoms with Crippen LogP contribution in [0.25, 0.3) is 0 Å². The number of urea groups is 1. The number of carbonyl (C=O) groups is 2. The average molecular weight is 265 g/mol. The number of nitrogens with zero attached hydrogens (tertiary/aromatic N) is 2. The molecule has 0 aromatic heterocycles. The van der Waals surface area contributed by atoms with Crippen LogP contribution in [0.1, 0.15) is 15.9 Å². The van der Waals surface area contributed by atoms with Gasteiger partial charge in [0.25, 0.3) is 5.91 Å². The summed E-state index contributed by atoms with van der Waals surface area (Å²) in [6, 6.07) is 6.38. The number of fused-ring (bicyclic) bond motifs is 1. The van der Waals surface area contributed by atoms with Crippen molar-refractivity contribution in [3.63, 3.8) is 0 Å². The van der Waals surface area contributed by atoms with Gasteiger partial charge in [-0.25, -0.2) is 14.9 Å². The lowest BCUT2D eigenvalue weighted by molar-refractivity contribution is -0.145. The molecule has 1 aliphatic heterocycles. The first-order valence-corrected chi connectivity index (χ1v) is 5.88. The summed E-state index contributed by atoms with van der Waals surface area (Å²) in [7, 11) is 0. The van der Waals surface area contributed by atoms with E-state index in [0.29, 0.717) is 23.6 Å². The van der Waals surface area contributed by atoms with Crippen LogP contribution in [-0.4, -0.2) is 47.0 Å². The fourth-order valence-electron chi connectivity index (χ4n) is 1.88.